The highest BCUT2D eigenvalue weighted by molar-refractivity contribution is 5.92. The number of nitrogens with zero attached hydrogens (tertiary/aromatic N) is 4. The predicted molar refractivity (Wildman–Crippen MR) is 92.5 cm³/mol. The number of likely N-dealkylation sites (tertiary alicyclic amines) is 1. The van der Waals surface area contributed by atoms with E-state index in [-0.39, 0.29) is 17.6 Å². The Bertz CT molecular complexity index is 788. The second kappa shape index (κ2) is 7.02. The van der Waals surface area contributed by atoms with Crippen molar-refractivity contribution in [2.24, 2.45) is 11.7 Å². The number of nitro groups is 1. The highest BCUT2D eigenvalue weighted by atomic mass is 16.6. The summed E-state index contributed by atoms with van der Waals surface area (Å²) in [5.41, 5.74) is 6.67. The number of benzene rings is 1. The summed E-state index contributed by atoms with van der Waals surface area (Å²) in [6.45, 7) is 3.27. The summed E-state index contributed by atoms with van der Waals surface area (Å²) in [5, 5.41) is 15.2. The molecule has 1 amide bonds. The number of carbonyl (C=O) groups is 1. The standard InChI is InChI=1S/C17H21N5O3/c1-12-5-7-20(15(9-12)11-18)17(23)16-6-8-21(19-16)13-3-2-4-14(10-13)22(24)25/h2-4,6,8,10,12,15H,5,7,9,11,18H2,1H3. The molecule has 2 atom stereocenters. The molecule has 2 aromatic rings. The van der Waals surface area contributed by atoms with Crippen molar-refractivity contribution < 1.29 is 9.72 Å². The zero-order valence-corrected chi connectivity index (χ0v) is 14.0. The lowest BCUT2D eigenvalue weighted by atomic mass is 9.92. The fourth-order valence-corrected chi connectivity index (χ4v) is 3.22. The third-order valence-corrected chi connectivity index (χ3v) is 4.62. The smallest absolute Gasteiger partial charge is 0.274 e. The van der Waals surface area contributed by atoms with Crippen LogP contribution in [0, 0.1) is 16.0 Å². The lowest BCUT2D eigenvalue weighted by Crippen LogP contribution is -2.49. The lowest BCUT2D eigenvalue weighted by Gasteiger charge is -2.37. The van der Waals surface area contributed by atoms with Gasteiger partial charge in [-0.1, -0.05) is 13.0 Å². The molecule has 0 bridgehead atoms. The minimum atomic E-state index is -0.459. The fraction of sp³-hybridized carbons (Fsp3) is 0.412. The van der Waals surface area contributed by atoms with E-state index in [0.29, 0.717) is 30.4 Å². The number of aromatic nitrogens is 2. The molecule has 1 aromatic heterocycles. The Hall–Kier alpha value is -2.74. The van der Waals surface area contributed by atoms with Gasteiger partial charge in [-0.15, -0.1) is 0 Å². The van der Waals surface area contributed by atoms with Gasteiger partial charge in [0.25, 0.3) is 11.6 Å². The molecule has 25 heavy (non-hydrogen) atoms. The highest BCUT2D eigenvalue weighted by Crippen LogP contribution is 2.24. The molecule has 1 aliphatic rings. The number of hydrogen-bond acceptors (Lipinski definition) is 5. The van der Waals surface area contributed by atoms with Gasteiger partial charge < -0.3 is 10.6 Å². The van der Waals surface area contributed by atoms with Crippen LogP contribution in [0.15, 0.2) is 36.5 Å². The van der Waals surface area contributed by atoms with E-state index in [2.05, 4.69) is 12.0 Å². The van der Waals surface area contributed by atoms with Crippen molar-refractivity contribution in [1.29, 1.82) is 0 Å². The molecule has 0 saturated carbocycles. The Balaban J connectivity index is 1.82. The van der Waals surface area contributed by atoms with Crippen molar-refractivity contribution in [3.63, 3.8) is 0 Å². The van der Waals surface area contributed by atoms with Crippen LogP contribution >= 0.6 is 0 Å². The van der Waals surface area contributed by atoms with Crippen molar-refractivity contribution in [3.8, 4) is 5.69 Å². The largest absolute Gasteiger partial charge is 0.333 e. The van der Waals surface area contributed by atoms with Crippen molar-refractivity contribution in [2.75, 3.05) is 13.1 Å². The molecular formula is C17H21N5O3. The molecule has 8 heteroatoms. The number of non-ortho nitro benzene ring substituents is 1. The van der Waals surface area contributed by atoms with E-state index in [1.807, 2.05) is 0 Å². The van der Waals surface area contributed by atoms with E-state index < -0.39 is 4.92 Å². The molecule has 0 aliphatic carbocycles. The van der Waals surface area contributed by atoms with Gasteiger partial charge in [0, 0.05) is 37.5 Å². The molecule has 1 aliphatic heterocycles. The maximum Gasteiger partial charge on any atom is 0.274 e. The summed E-state index contributed by atoms with van der Waals surface area (Å²) in [5.74, 6) is 0.409. The third kappa shape index (κ3) is 3.53. The minimum absolute atomic E-state index is 0.0194. The molecule has 1 aromatic carbocycles. The van der Waals surface area contributed by atoms with Crippen molar-refractivity contribution in [2.45, 2.75) is 25.8 Å². The maximum absolute atomic E-state index is 12.8. The number of nitrogens with two attached hydrogens (primary N) is 1. The van der Waals surface area contributed by atoms with Gasteiger partial charge in [-0.25, -0.2) is 4.68 Å². The first-order chi connectivity index (χ1) is 12.0. The Morgan fingerprint density at radius 1 is 1.44 bits per heavy atom. The van der Waals surface area contributed by atoms with E-state index in [0.717, 1.165) is 12.8 Å². The van der Waals surface area contributed by atoms with E-state index in [9.17, 15) is 14.9 Å². The lowest BCUT2D eigenvalue weighted by molar-refractivity contribution is -0.384. The number of piperidine rings is 1. The molecule has 3 rings (SSSR count). The first kappa shape index (κ1) is 17.1. The van der Waals surface area contributed by atoms with E-state index in [1.165, 1.54) is 16.8 Å². The van der Waals surface area contributed by atoms with Crippen LogP contribution in [-0.4, -0.2) is 44.6 Å². The fourth-order valence-electron chi connectivity index (χ4n) is 3.22. The zero-order chi connectivity index (χ0) is 18.0. The van der Waals surface area contributed by atoms with Gasteiger partial charge >= 0.3 is 0 Å². The average molecular weight is 343 g/mol. The van der Waals surface area contributed by atoms with Crippen LogP contribution in [0.2, 0.25) is 0 Å². The van der Waals surface area contributed by atoms with Gasteiger partial charge in [-0.2, -0.15) is 5.10 Å². The normalized spacial score (nSPS) is 20.5. The second-order valence-corrected chi connectivity index (χ2v) is 6.44. The van der Waals surface area contributed by atoms with E-state index in [4.69, 9.17) is 5.73 Å². The summed E-state index contributed by atoms with van der Waals surface area (Å²) in [6.07, 6.45) is 3.48. The van der Waals surface area contributed by atoms with Crippen LogP contribution in [0.4, 0.5) is 5.69 Å². The Morgan fingerprint density at radius 3 is 2.96 bits per heavy atom. The SMILES string of the molecule is CC1CCN(C(=O)c2ccn(-c3cccc([N+](=O)[O-])c3)n2)C(CN)C1. The van der Waals surface area contributed by atoms with Crippen molar-refractivity contribution >= 4 is 11.6 Å². The molecule has 8 nitrogen and oxygen atoms in total. The first-order valence-corrected chi connectivity index (χ1v) is 8.31. The van der Waals surface area contributed by atoms with Gasteiger partial charge in [-0.3, -0.25) is 14.9 Å². The van der Waals surface area contributed by atoms with Gasteiger partial charge in [0.05, 0.1) is 10.6 Å². The van der Waals surface area contributed by atoms with Crippen LogP contribution in [0.5, 0.6) is 0 Å². The predicted octanol–water partition coefficient (Wildman–Crippen LogP) is 1.98. The number of hydrogen-bond donors (Lipinski definition) is 1. The summed E-state index contributed by atoms with van der Waals surface area (Å²) in [4.78, 5) is 25.0. The van der Waals surface area contributed by atoms with Gasteiger partial charge in [0.1, 0.15) is 0 Å². The van der Waals surface area contributed by atoms with E-state index >= 15 is 0 Å². The molecule has 2 N–H and O–H groups in total. The number of amides is 1. The van der Waals surface area contributed by atoms with Crippen molar-refractivity contribution in [1.82, 2.24) is 14.7 Å². The average Bonchev–Trinajstić information content (AvgIpc) is 3.11. The van der Waals surface area contributed by atoms with Crippen LogP contribution in [0.25, 0.3) is 5.69 Å². The quantitative estimate of drug-likeness (QED) is 0.674. The van der Waals surface area contributed by atoms with E-state index in [1.54, 1.807) is 29.3 Å². The number of nitro benzene ring substituents is 1. The second-order valence-electron chi connectivity index (χ2n) is 6.44. The van der Waals surface area contributed by atoms with Gasteiger partial charge in [0.2, 0.25) is 0 Å². The van der Waals surface area contributed by atoms with Crippen LogP contribution < -0.4 is 5.73 Å². The van der Waals surface area contributed by atoms with Crippen LogP contribution in [0.1, 0.15) is 30.3 Å². The Kier molecular flexibility index (Phi) is 4.80. The molecule has 0 radical (unpaired) electrons. The van der Waals surface area contributed by atoms with Gasteiger partial charge in [0.15, 0.2) is 5.69 Å². The molecule has 2 unspecified atom stereocenters. The maximum atomic E-state index is 12.8. The van der Waals surface area contributed by atoms with Crippen LogP contribution in [0.3, 0.4) is 0 Å². The molecule has 1 saturated heterocycles. The zero-order valence-electron chi connectivity index (χ0n) is 14.0. The summed E-state index contributed by atoms with van der Waals surface area (Å²) < 4.78 is 1.48. The number of carbonyl (C=O) groups excluding carboxylic acids is 1. The topological polar surface area (TPSA) is 107 Å². The third-order valence-electron chi connectivity index (χ3n) is 4.62. The van der Waals surface area contributed by atoms with Crippen LogP contribution in [-0.2, 0) is 0 Å². The molecule has 132 valence electrons. The summed E-state index contributed by atoms with van der Waals surface area (Å²) in [6, 6.07) is 7.80. The summed E-state index contributed by atoms with van der Waals surface area (Å²) in [7, 11) is 0. The molecule has 2 heterocycles. The summed E-state index contributed by atoms with van der Waals surface area (Å²) >= 11 is 0. The monoisotopic (exact) mass is 343 g/mol. The number of rotatable bonds is 4. The van der Waals surface area contributed by atoms with Gasteiger partial charge in [-0.05, 0) is 30.9 Å². The molecular weight excluding hydrogens is 322 g/mol. The first-order valence-electron chi connectivity index (χ1n) is 8.31. The Morgan fingerprint density at radius 2 is 2.24 bits per heavy atom. The minimum Gasteiger partial charge on any atom is -0.333 e. The molecule has 1 fully saturated rings. The Labute approximate surface area is 145 Å². The highest BCUT2D eigenvalue weighted by Gasteiger charge is 2.30. The van der Waals surface area contributed by atoms with Crippen molar-refractivity contribution in [3.05, 3.63) is 52.3 Å². The molecule has 0 spiro atoms.